The molecular weight excluding hydrogens is 1010 g/mol. The molecule has 82 heavy (non-hydrogen) atoms. The molecule has 0 saturated carbocycles. The maximum atomic E-state index is 12.9. The number of ether oxygens (including phenoxy) is 3. The molecule has 6 nitrogen and oxygen atoms in total. The summed E-state index contributed by atoms with van der Waals surface area (Å²) in [6.07, 6.45) is 101. The van der Waals surface area contributed by atoms with Crippen LogP contribution in [0.5, 0.6) is 0 Å². The first kappa shape index (κ1) is 76.8. The van der Waals surface area contributed by atoms with Crippen molar-refractivity contribution in [2.75, 3.05) is 13.2 Å². The van der Waals surface area contributed by atoms with E-state index in [2.05, 4.69) is 179 Å². The van der Waals surface area contributed by atoms with Crippen molar-refractivity contribution >= 4 is 17.9 Å². The number of esters is 3. The molecule has 0 amide bonds. The second-order valence-electron chi connectivity index (χ2n) is 21.3. The average molecular weight is 1130 g/mol. The van der Waals surface area contributed by atoms with Gasteiger partial charge in [-0.05, 0) is 141 Å². The van der Waals surface area contributed by atoms with E-state index in [9.17, 15) is 14.4 Å². The minimum absolute atomic E-state index is 0.123. The van der Waals surface area contributed by atoms with Crippen molar-refractivity contribution in [2.45, 2.75) is 277 Å². The number of rotatable bonds is 58. The summed E-state index contributed by atoms with van der Waals surface area (Å²) in [6.45, 7) is 6.33. The number of allylic oxidation sites excluding steroid dienone is 28. The maximum Gasteiger partial charge on any atom is 0.306 e. The van der Waals surface area contributed by atoms with E-state index in [0.29, 0.717) is 19.3 Å². The van der Waals surface area contributed by atoms with Crippen molar-refractivity contribution < 1.29 is 28.6 Å². The Hall–Kier alpha value is -5.23. The van der Waals surface area contributed by atoms with Crippen LogP contribution in [-0.4, -0.2) is 37.2 Å². The van der Waals surface area contributed by atoms with Crippen molar-refractivity contribution in [1.29, 1.82) is 0 Å². The minimum atomic E-state index is -0.837. The van der Waals surface area contributed by atoms with Gasteiger partial charge >= 0.3 is 17.9 Å². The number of hydrogen-bond acceptors (Lipinski definition) is 6. The van der Waals surface area contributed by atoms with Crippen LogP contribution >= 0.6 is 0 Å². The Balaban J connectivity index is 4.49. The van der Waals surface area contributed by atoms with E-state index < -0.39 is 12.1 Å². The van der Waals surface area contributed by atoms with Crippen LogP contribution in [-0.2, 0) is 28.6 Å². The van der Waals surface area contributed by atoms with E-state index in [4.69, 9.17) is 14.2 Å². The summed E-state index contributed by atoms with van der Waals surface area (Å²) < 4.78 is 16.8. The third kappa shape index (κ3) is 65.6. The first-order valence-corrected chi connectivity index (χ1v) is 33.1. The molecule has 460 valence electrons. The van der Waals surface area contributed by atoms with Crippen LogP contribution in [0.3, 0.4) is 0 Å². The minimum Gasteiger partial charge on any atom is -0.462 e. The molecule has 1 atom stereocenters. The molecular formula is C76H120O6. The molecule has 6 heteroatoms. The lowest BCUT2D eigenvalue weighted by atomic mass is 10.1. The molecule has 0 aromatic heterocycles. The topological polar surface area (TPSA) is 78.9 Å². The molecule has 0 fully saturated rings. The zero-order chi connectivity index (χ0) is 59.2. The first-order valence-electron chi connectivity index (χ1n) is 33.1. The fourth-order valence-corrected chi connectivity index (χ4v) is 8.56. The Labute approximate surface area is 504 Å². The second-order valence-corrected chi connectivity index (χ2v) is 21.3. The van der Waals surface area contributed by atoms with Crippen molar-refractivity contribution in [3.05, 3.63) is 170 Å². The summed E-state index contributed by atoms with van der Waals surface area (Å²) in [5, 5.41) is 0. The highest BCUT2D eigenvalue weighted by Crippen LogP contribution is 2.14. The molecule has 0 aliphatic carbocycles. The molecule has 0 spiro atoms. The zero-order valence-corrected chi connectivity index (χ0v) is 52.7. The first-order chi connectivity index (χ1) is 40.5. The largest absolute Gasteiger partial charge is 0.462 e. The Morgan fingerprint density at radius 1 is 0.256 bits per heavy atom. The van der Waals surface area contributed by atoms with Crippen molar-refractivity contribution in [3.63, 3.8) is 0 Å². The summed E-state index contributed by atoms with van der Waals surface area (Å²) in [5.74, 6) is -1.03. The molecule has 0 aliphatic heterocycles. The van der Waals surface area contributed by atoms with E-state index in [1.807, 2.05) is 12.2 Å². The molecule has 0 heterocycles. The molecule has 0 saturated heterocycles. The summed E-state index contributed by atoms with van der Waals surface area (Å²) >= 11 is 0. The summed E-state index contributed by atoms with van der Waals surface area (Å²) in [6, 6.07) is 0. The number of carbonyl (C=O) groups is 3. The van der Waals surface area contributed by atoms with Gasteiger partial charge < -0.3 is 14.2 Å². The van der Waals surface area contributed by atoms with Crippen molar-refractivity contribution in [2.24, 2.45) is 0 Å². The molecule has 0 aliphatic rings. The van der Waals surface area contributed by atoms with Gasteiger partial charge in [-0.25, -0.2) is 0 Å². The fourth-order valence-electron chi connectivity index (χ4n) is 8.56. The molecule has 0 N–H and O–H groups in total. The highest BCUT2D eigenvalue weighted by Gasteiger charge is 2.19. The van der Waals surface area contributed by atoms with Crippen LogP contribution in [0, 0.1) is 0 Å². The Kier molecular flexibility index (Phi) is 63.9. The van der Waals surface area contributed by atoms with Gasteiger partial charge in [0.25, 0.3) is 0 Å². The Morgan fingerprint density at radius 2 is 0.500 bits per heavy atom. The normalized spacial score (nSPS) is 13.3. The van der Waals surface area contributed by atoms with Crippen LogP contribution in [0.1, 0.15) is 271 Å². The highest BCUT2D eigenvalue weighted by atomic mass is 16.6. The van der Waals surface area contributed by atoms with Gasteiger partial charge in [0, 0.05) is 19.3 Å². The lowest BCUT2D eigenvalue weighted by Gasteiger charge is -2.18. The van der Waals surface area contributed by atoms with Gasteiger partial charge in [0.2, 0.25) is 0 Å². The molecule has 0 bridgehead atoms. The van der Waals surface area contributed by atoms with Crippen LogP contribution in [0.4, 0.5) is 0 Å². The van der Waals surface area contributed by atoms with E-state index in [0.717, 1.165) is 148 Å². The van der Waals surface area contributed by atoms with Gasteiger partial charge in [-0.1, -0.05) is 281 Å². The number of hydrogen-bond donors (Lipinski definition) is 0. The second kappa shape index (κ2) is 68.3. The molecule has 0 rings (SSSR count). The monoisotopic (exact) mass is 1130 g/mol. The van der Waals surface area contributed by atoms with Crippen LogP contribution < -0.4 is 0 Å². The smallest absolute Gasteiger partial charge is 0.306 e. The van der Waals surface area contributed by atoms with Gasteiger partial charge in [0.05, 0.1) is 0 Å². The Bertz CT molecular complexity index is 1870. The summed E-state index contributed by atoms with van der Waals surface area (Å²) in [4.78, 5) is 38.3. The highest BCUT2D eigenvalue weighted by molar-refractivity contribution is 5.71. The lowest BCUT2D eigenvalue weighted by molar-refractivity contribution is -0.166. The van der Waals surface area contributed by atoms with Gasteiger partial charge in [-0.2, -0.15) is 0 Å². The van der Waals surface area contributed by atoms with Gasteiger partial charge in [0.1, 0.15) is 13.2 Å². The molecule has 0 aromatic carbocycles. The fraction of sp³-hybridized carbons (Fsp3) is 0.592. The van der Waals surface area contributed by atoms with E-state index in [1.54, 1.807) is 0 Å². The van der Waals surface area contributed by atoms with E-state index in [-0.39, 0.29) is 31.6 Å². The molecule has 0 radical (unpaired) electrons. The van der Waals surface area contributed by atoms with Crippen LogP contribution in [0.15, 0.2) is 170 Å². The number of carbonyl (C=O) groups excluding carboxylic acids is 3. The quantitative estimate of drug-likeness (QED) is 0.0261. The van der Waals surface area contributed by atoms with Crippen molar-refractivity contribution in [3.8, 4) is 0 Å². The standard InChI is InChI=1S/C76H120O6/c1-4-7-10-13-16-19-22-25-28-31-33-34-35-36-37-38-39-40-41-42-44-45-48-51-54-57-60-63-66-69-75(78)81-72-73(71-80-74(77)68-65-62-59-56-53-50-47-30-27-24-21-18-15-12-9-6-3)82-76(79)70-67-64-61-58-55-52-49-46-43-32-29-26-23-20-17-14-11-8-5-2/h7-8,10-11,16-17,19-20,25-26,28-30,33-34,36-37,39-40,42-44,46-47,52,55,61,64,73H,4-6,9,12-15,18,21-24,27,31-32,35,38,41,45,48-51,53-54,56-60,62-63,65-72H2,1-3H3/b10-7-,11-8-,19-16-,20-17-,28-25-,29-26-,34-33-,37-36-,40-39-,44-42-,46-43-,47-30-,55-52-,64-61-. The lowest BCUT2D eigenvalue weighted by Crippen LogP contribution is -2.30. The van der Waals surface area contributed by atoms with E-state index in [1.165, 1.54) is 77.0 Å². The van der Waals surface area contributed by atoms with Gasteiger partial charge in [0.15, 0.2) is 6.10 Å². The zero-order valence-electron chi connectivity index (χ0n) is 52.7. The van der Waals surface area contributed by atoms with Gasteiger partial charge in [-0.3, -0.25) is 14.4 Å². The third-order valence-corrected chi connectivity index (χ3v) is 13.4. The SMILES string of the molecule is CC/C=C\C/C=C\C/C=C\C/C=C\C/C=C\C/C=C\C/C=C\CCCCCCCCCC(=O)OCC(COC(=O)CCCCCCC/C=C\CCCCCCCCC)OC(=O)CC/C=C\C/C=C\C/C=C\C/C=C\C/C=C\C/C=C\CC. The van der Waals surface area contributed by atoms with E-state index >= 15 is 0 Å². The van der Waals surface area contributed by atoms with Crippen molar-refractivity contribution in [1.82, 2.24) is 0 Å². The maximum absolute atomic E-state index is 12.9. The predicted octanol–water partition coefficient (Wildman–Crippen LogP) is 23.0. The molecule has 1 unspecified atom stereocenters. The third-order valence-electron chi connectivity index (χ3n) is 13.4. The average Bonchev–Trinajstić information content (AvgIpc) is 3.47. The summed E-state index contributed by atoms with van der Waals surface area (Å²) in [7, 11) is 0. The van der Waals surface area contributed by atoms with Crippen LogP contribution in [0.25, 0.3) is 0 Å². The number of unbranched alkanes of at least 4 members (excludes halogenated alkanes) is 19. The van der Waals surface area contributed by atoms with Crippen LogP contribution in [0.2, 0.25) is 0 Å². The molecule has 0 aromatic rings. The predicted molar refractivity (Wildman–Crippen MR) is 357 cm³/mol. The summed E-state index contributed by atoms with van der Waals surface area (Å²) in [5.41, 5.74) is 0. The van der Waals surface area contributed by atoms with Gasteiger partial charge in [-0.15, -0.1) is 0 Å². The Morgan fingerprint density at radius 3 is 0.805 bits per heavy atom.